The molecule has 0 bridgehead atoms. The van der Waals surface area contributed by atoms with E-state index in [-0.39, 0.29) is 11.7 Å². The molecule has 0 heterocycles. The Balaban J connectivity index is 1.92. The van der Waals surface area contributed by atoms with E-state index in [4.69, 9.17) is 14.0 Å². The first-order valence-electron chi connectivity index (χ1n) is 7.33. The summed E-state index contributed by atoms with van der Waals surface area (Å²) in [6.45, 7) is 4.30. The van der Waals surface area contributed by atoms with Crippen molar-refractivity contribution < 1.29 is 22.4 Å². The number of hydrogen-bond acceptors (Lipinski definition) is 4. The number of ether oxygens (including phenoxy) is 2. The van der Waals surface area contributed by atoms with Gasteiger partial charge in [-0.3, -0.25) is 4.55 Å². The van der Waals surface area contributed by atoms with Crippen molar-refractivity contribution in [2.45, 2.75) is 31.1 Å². The van der Waals surface area contributed by atoms with Gasteiger partial charge in [0.05, 0.1) is 4.90 Å². The summed E-state index contributed by atoms with van der Waals surface area (Å²) in [4.78, 5) is -0.174. The molecule has 0 aliphatic rings. The fraction of sp³-hybridized carbons (Fsp3) is 0.294. The van der Waals surface area contributed by atoms with Gasteiger partial charge in [-0.15, -0.1) is 0 Å². The third-order valence-corrected chi connectivity index (χ3v) is 4.48. The highest BCUT2D eigenvalue weighted by atomic mass is 32.2. The van der Waals surface area contributed by atoms with Gasteiger partial charge in [-0.25, -0.2) is 0 Å². The van der Waals surface area contributed by atoms with Crippen LogP contribution in [0.25, 0.3) is 0 Å². The Morgan fingerprint density at radius 3 is 2.30 bits per heavy atom. The molecule has 0 fully saturated rings. The summed E-state index contributed by atoms with van der Waals surface area (Å²) >= 11 is 0. The molecule has 124 valence electrons. The second kappa shape index (κ2) is 7.48. The molecule has 0 aromatic heterocycles. The highest BCUT2D eigenvalue weighted by Crippen LogP contribution is 2.23. The average Bonchev–Trinajstić information content (AvgIpc) is 2.54. The first-order chi connectivity index (χ1) is 10.9. The molecule has 1 atom stereocenters. The van der Waals surface area contributed by atoms with Crippen LogP contribution < -0.4 is 9.47 Å². The van der Waals surface area contributed by atoms with E-state index in [2.05, 4.69) is 19.9 Å². The van der Waals surface area contributed by atoms with Crippen LogP contribution in [-0.4, -0.2) is 19.8 Å². The number of hydrogen-bond donors (Lipinski definition) is 1. The lowest BCUT2D eigenvalue weighted by atomic mass is 9.99. The SMILES string of the molecule is CCC(C)c1cccc(OCOc2ccc(S(=O)(=O)O)cc2)c1. The summed E-state index contributed by atoms with van der Waals surface area (Å²) in [7, 11) is -4.19. The quantitative estimate of drug-likeness (QED) is 0.614. The largest absolute Gasteiger partial charge is 0.458 e. The van der Waals surface area contributed by atoms with Crippen molar-refractivity contribution in [2.24, 2.45) is 0 Å². The minimum atomic E-state index is -4.19. The van der Waals surface area contributed by atoms with Gasteiger partial charge in [-0.05, 0) is 54.3 Å². The Kier molecular flexibility index (Phi) is 5.63. The van der Waals surface area contributed by atoms with Crippen LogP contribution in [0, 0.1) is 0 Å². The Hall–Kier alpha value is -2.05. The van der Waals surface area contributed by atoms with Gasteiger partial charge in [-0.2, -0.15) is 8.42 Å². The first-order valence-corrected chi connectivity index (χ1v) is 8.77. The molecule has 0 amide bonds. The van der Waals surface area contributed by atoms with Crippen LogP contribution in [0.2, 0.25) is 0 Å². The van der Waals surface area contributed by atoms with Gasteiger partial charge in [0.1, 0.15) is 11.5 Å². The summed E-state index contributed by atoms with van der Waals surface area (Å²) in [5.74, 6) is 1.64. The minimum Gasteiger partial charge on any atom is -0.458 e. The second-order valence-corrected chi connectivity index (χ2v) is 6.66. The molecule has 0 aliphatic heterocycles. The summed E-state index contributed by atoms with van der Waals surface area (Å²) in [5, 5.41) is 0. The Morgan fingerprint density at radius 2 is 1.70 bits per heavy atom. The molecule has 0 spiro atoms. The van der Waals surface area contributed by atoms with Crippen molar-refractivity contribution in [1.82, 2.24) is 0 Å². The van der Waals surface area contributed by atoms with Gasteiger partial charge in [-0.1, -0.05) is 26.0 Å². The standard InChI is InChI=1S/C17H20O5S/c1-3-13(2)14-5-4-6-16(11-14)22-12-21-15-7-9-17(10-8-15)23(18,19)20/h4-11,13H,3,12H2,1-2H3,(H,18,19,20). The fourth-order valence-electron chi connectivity index (χ4n) is 2.02. The molecule has 5 nitrogen and oxygen atoms in total. The third-order valence-electron chi connectivity index (χ3n) is 3.61. The molecule has 0 aliphatic carbocycles. The number of rotatable bonds is 7. The van der Waals surface area contributed by atoms with Crippen molar-refractivity contribution in [3.8, 4) is 11.5 Å². The molecule has 1 unspecified atom stereocenters. The molecule has 2 aromatic rings. The van der Waals surface area contributed by atoms with Crippen molar-refractivity contribution in [2.75, 3.05) is 6.79 Å². The van der Waals surface area contributed by atoms with Crippen LogP contribution >= 0.6 is 0 Å². The van der Waals surface area contributed by atoms with Crippen LogP contribution in [0.4, 0.5) is 0 Å². The van der Waals surface area contributed by atoms with E-state index < -0.39 is 10.1 Å². The monoisotopic (exact) mass is 336 g/mol. The molecule has 0 saturated carbocycles. The molecule has 6 heteroatoms. The van der Waals surface area contributed by atoms with Crippen LogP contribution in [-0.2, 0) is 10.1 Å². The topological polar surface area (TPSA) is 72.8 Å². The van der Waals surface area contributed by atoms with Gasteiger partial charge in [0.25, 0.3) is 10.1 Å². The van der Waals surface area contributed by atoms with E-state index in [0.717, 1.165) is 12.2 Å². The van der Waals surface area contributed by atoms with Gasteiger partial charge in [0, 0.05) is 0 Å². The zero-order chi connectivity index (χ0) is 16.9. The molecule has 23 heavy (non-hydrogen) atoms. The third kappa shape index (κ3) is 4.97. The molecule has 0 saturated heterocycles. The lowest BCUT2D eigenvalue weighted by molar-refractivity contribution is 0.119. The molecule has 1 N–H and O–H groups in total. The highest BCUT2D eigenvalue weighted by Gasteiger charge is 2.09. The van der Waals surface area contributed by atoms with Crippen molar-refractivity contribution in [3.05, 3.63) is 54.1 Å². The summed E-state index contributed by atoms with van der Waals surface area (Å²) in [6.07, 6.45) is 1.06. The summed E-state index contributed by atoms with van der Waals surface area (Å²) in [5.41, 5.74) is 1.21. The van der Waals surface area contributed by atoms with Crippen LogP contribution in [0.3, 0.4) is 0 Å². The van der Waals surface area contributed by atoms with Crippen LogP contribution in [0.1, 0.15) is 31.7 Å². The van der Waals surface area contributed by atoms with Crippen molar-refractivity contribution >= 4 is 10.1 Å². The van der Waals surface area contributed by atoms with Crippen molar-refractivity contribution in [1.29, 1.82) is 0 Å². The summed E-state index contributed by atoms with van der Waals surface area (Å²) in [6, 6.07) is 13.3. The van der Waals surface area contributed by atoms with E-state index in [0.29, 0.717) is 11.7 Å². The predicted octanol–water partition coefficient (Wildman–Crippen LogP) is 3.86. The molecule has 2 rings (SSSR count). The fourth-order valence-corrected chi connectivity index (χ4v) is 2.50. The molecule has 2 aromatic carbocycles. The Morgan fingerprint density at radius 1 is 1.04 bits per heavy atom. The molecular formula is C17H20O5S. The maximum Gasteiger partial charge on any atom is 0.294 e. The second-order valence-electron chi connectivity index (χ2n) is 5.23. The Labute approximate surface area is 136 Å². The van der Waals surface area contributed by atoms with Gasteiger partial charge >= 0.3 is 0 Å². The Bertz CT molecular complexity index is 738. The number of benzene rings is 2. The van der Waals surface area contributed by atoms with Crippen LogP contribution in [0.5, 0.6) is 11.5 Å². The van der Waals surface area contributed by atoms with Crippen LogP contribution in [0.15, 0.2) is 53.4 Å². The average molecular weight is 336 g/mol. The lowest BCUT2D eigenvalue weighted by Gasteiger charge is -2.12. The normalized spacial score (nSPS) is 12.7. The minimum absolute atomic E-state index is 0.00911. The van der Waals surface area contributed by atoms with E-state index >= 15 is 0 Å². The van der Waals surface area contributed by atoms with E-state index in [1.54, 1.807) is 0 Å². The maximum absolute atomic E-state index is 10.9. The van der Waals surface area contributed by atoms with E-state index in [1.807, 2.05) is 18.2 Å². The maximum atomic E-state index is 10.9. The zero-order valence-corrected chi connectivity index (χ0v) is 13.9. The highest BCUT2D eigenvalue weighted by molar-refractivity contribution is 7.85. The van der Waals surface area contributed by atoms with E-state index in [9.17, 15) is 8.42 Å². The zero-order valence-electron chi connectivity index (χ0n) is 13.1. The lowest BCUT2D eigenvalue weighted by Crippen LogP contribution is -2.06. The predicted molar refractivity (Wildman–Crippen MR) is 87.5 cm³/mol. The summed E-state index contributed by atoms with van der Waals surface area (Å²) < 4.78 is 41.8. The van der Waals surface area contributed by atoms with Crippen molar-refractivity contribution in [3.63, 3.8) is 0 Å². The molecule has 0 radical (unpaired) electrons. The van der Waals surface area contributed by atoms with Gasteiger partial charge in [0.15, 0.2) is 0 Å². The molecular weight excluding hydrogens is 316 g/mol. The van der Waals surface area contributed by atoms with Gasteiger partial charge in [0.2, 0.25) is 6.79 Å². The van der Waals surface area contributed by atoms with E-state index in [1.165, 1.54) is 29.8 Å². The van der Waals surface area contributed by atoms with Gasteiger partial charge < -0.3 is 9.47 Å². The smallest absolute Gasteiger partial charge is 0.294 e. The first kappa shape index (κ1) is 17.3.